The molecule has 0 saturated heterocycles. The number of anilines is 1. The minimum atomic E-state index is -0.277. The number of pyridine rings is 1. The topological polar surface area (TPSA) is 86.8 Å². The Bertz CT molecular complexity index is 1770. The summed E-state index contributed by atoms with van der Waals surface area (Å²) in [6.07, 6.45) is 1.68. The van der Waals surface area contributed by atoms with Crippen LogP contribution in [-0.2, 0) is 5.41 Å². The predicted molar refractivity (Wildman–Crippen MR) is 160 cm³/mol. The number of methoxy groups -OCH3 is 2. The van der Waals surface area contributed by atoms with Crippen molar-refractivity contribution in [2.45, 2.75) is 33.1 Å². The van der Waals surface area contributed by atoms with Gasteiger partial charge in [0.1, 0.15) is 11.5 Å². The Morgan fingerprint density at radius 1 is 0.875 bits per heavy atom. The van der Waals surface area contributed by atoms with E-state index in [0.29, 0.717) is 44.6 Å². The van der Waals surface area contributed by atoms with Gasteiger partial charge in [-0.1, -0.05) is 32.9 Å². The van der Waals surface area contributed by atoms with Gasteiger partial charge in [-0.15, -0.1) is 11.3 Å². The van der Waals surface area contributed by atoms with E-state index < -0.39 is 0 Å². The lowest BCUT2D eigenvalue weighted by Gasteiger charge is -2.15. The number of nitrogens with zero attached hydrogens (tertiary/aromatic N) is 1. The highest BCUT2D eigenvalue weighted by Crippen LogP contribution is 2.38. The molecule has 5 aromatic rings. The van der Waals surface area contributed by atoms with Crippen LogP contribution in [0.1, 0.15) is 52.6 Å². The monoisotopic (exact) mass is 554 g/mol. The van der Waals surface area contributed by atoms with E-state index in [0.717, 1.165) is 21.0 Å². The summed E-state index contributed by atoms with van der Waals surface area (Å²) in [4.78, 5) is 31.7. The van der Waals surface area contributed by atoms with Crippen molar-refractivity contribution < 1.29 is 23.8 Å². The average Bonchev–Trinajstić information content (AvgIpc) is 3.37. The maximum atomic E-state index is 13.4. The van der Waals surface area contributed by atoms with Crippen LogP contribution in [0.5, 0.6) is 23.0 Å². The van der Waals surface area contributed by atoms with E-state index in [1.54, 1.807) is 32.5 Å². The van der Waals surface area contributed by atoms with Gasteiger partial charge in [0.15, 0.2) is 17.3 Å². The lowest BCUT2D eigenvalue weighted by atomic mass is 9.94. The van der Waals surface area contributed by atoms with Crippen molar-refractivity contribution in [2.24, 2.45) is 0 Å². The Kier molecular flexibility index (Phi) is 7.21. The standard InChI is InChI=1S/C32H30N2O5S/c1-18(35)30-25(17-29(40-30)32(2,3)4)34-31(36)22-9-7-8-19-14-20(10-11-21(19)22)39-26-12-13-33-24-16-28(38-6)27(37-5)15-23(24)26/h7-17H,1-6H3,(H,34,36). The van der Waals surface area contributed by atoms with Crippen LogP contribution in [0.2, 0.25) is 0 Å². The van der Waals surface area contributed by atoms with E-state index in [9.17, 15) is 9.59 Å². The lowest BCUT2D eigenvalue weighted by Crippen LogP contribution is -2.13. The zero-order chi connectivity index (χ0) is 28.6. The fourth-order valence-electron chi connectivity index (χ4n) is 4.49. The molecule has 2 aromatic heterocycles. The first kappa shape index (κ1) is 27.1. The maximum absolute atomic E-state index is 13.4. The summed E-state index contributed by atoms with van der Waals surface area (Å²) in [6.45, 7) is 7.77. The Morgan fingerprint density at radius 2 is 1.62 bits per heavy atom. The van der Waals surface area contributed by atoms with Gasteiger partial charge in [0, 0.05) is 35.0 Å². The van der Waals surface area contributed by atoms with Gasteiger partial charge in [-0.05, 0) is 58.7 Å². The third-order valence-corrected chi connectivity index (χ3v) is 8.23. The van der Waals surface area contributed by atoms with E-state index in [2.05, 4.69) is 31.1 Å². The smallest absolute Gasteiger partial charge is 0.256 e. The quantitative estimate of drug-likeness (QED) is 0.205. The first-order chi connectivity index (χ1) is 19.1. The SMILES string of the molecule is COc1cc2nccc(Oc3ccc4c(C(=O)Nc5cc(C(C)(C)C)sc5C(C)=O)cccc4c3)c2cc1OC. The molecule has 5 rings (SSSR count). The number of rotatable bonds is 7. The van der Waals surface area contributed by atoms with E-state index in [1.165, 1.54) is 18.3 Å². The molecule has 0 atom stereocenters. The van der Waals surface area contributed by atoms with Crippen LogP contribution >= 0.6 is 11.3 Å². The third-order valence-electron chi connectivity index (χ3n) is 6.57. The molecule has 0 bridgehead atoms. The van der Waals surface area contributed by atoms with Crippen molar-refractivity contribution in [3.8, 4) is 23.0 Å². The van der Waals surface area contributed by atoms with E-state index in [1.807, 2.05) is 48.5 Å². The highest BCUT2D eigenvalue weighted by Gasteiger charge is 2.23. The molecule has 1 amide bonds. The van der Waals surface area contributed by atoms with Gasteiger partial charge in [-0.3, -0.25) is 14.6 Å². The van der Waals surface area contributed by atoms with Gasteiger partial charge >= 0.3 is 0 Å². The molecule has 0 aliphatic heterocycles. The average molecular weight is 555 g/mol. The van der Waals surface area contributed by atoms with Crippen molar-refractivity contribution in [2.75, 3.05) is 19.5 Å². The molecule has 7 nitrogen and oxygen atoms in total. The number of amides is 1. The summed E-state index contributed by atoms with van der Waals surface area (Å²) in [5.74, 6) is 2.04. The molecule has 40 heavy (non-hydrogen) atoms. The van der Waals surface area contributed by atoms with Gasteiger partial charge in [-0.2, -0.15) is 0 Å². The summed E-state index contributed by atoms with van der Waals surface area (Å²) in [6, 6.07) is 18.5. The van der Waals surface area contributed by atoms with E-state index in [-0.39, 0.29) is 17.1 Å². The number of hydrogen-bond donors (Lipinski definition) is 1. The number of aromatic nitrogens is 1. The molecule has 0 aliphatic rings. The molecule has 1 N–H and O–H groups in total. The largest absolute Gasteiger partial charge is 0.493 e. The summed E-state index contributed by atoms with van der Waals surface area (Å²) in [5, 5.41) is 5.37. The molecular formula is C32H30N2O5S. The minimum Gasteiger partial charge on any atom is -0.493 e. The molecule has 0 spiro atoms. The maximum Gasteiger partial charge on any atom is 0.256 e. The van der Waals surface area contributed by atoms with Gasteiger partial charge < -0.3 is 19.5 Å². The van der Waals surface area contributed by atoms with Crippen LogP contribution in [-0.4, -0.2) is 30.9 Å². The molecule has 3 aromatic carbocycles. The number of Topliss-reactive ketones (excluding diaryl/α,β-unsaturated/α-hetero) is 1. The number of thiophene rings is 1. The second-order valence-electron chi connectivity index (χ2n) is 10.4. The Hall–Kier alpha value is -4.43. The first-order valence-corrected chi connectivity index (χ1v) is 13.6. The first-order valence-electron chi connectivity index (χ1n) is 12.8. The number of benzene rings is 3. The number of carbonyl (C=O) groups is 2. The second kappa shape index (κ2) is 10.6. The van der Waals surface area contributed by atoms with Crippen molar-refractivity contribution in [1.82, 2.24) is 4.98 Å². The number of hydrogen-bond acceptors (Lipinski definition) is 7. The molecule has 0 aliphatic carbocycles. The molecule has 0 radical (unpaired) electrons. The Morgan fingerprint density at radius 3 is 2.33 bits per heavy atom. The minimum absolute atomic E-state index is 0.0739. The van der Waals surface area contributed by atoms with Crippen LogP contribution in [0.15, 0.2) is 66.9 Å². The van der Waals surface area contributed by atoms with E-state index in [4.69, 9.17) is 14.2 Å². The normalized spacial score (nSPS) is 11.4. The van der Waals surface area contributed by atoms with Crippen molar-refractivity contribution >= 4 is 50.4 Å². The van der Waals surface area contributed by atoms with Crippen LogP contribution in [0.25, 0.3) is 21.7 Å². The third kappa shape index (κ3) is 5.22. The molecule has 2 heterocycles. The lowest BCUT2D eigenvalue weighted by molar-refractivity contribution is 0.102. The number of ketones is 1. The number of nitrogens with one attached hydrogen (secondary N) is 1. The summed E-state index contributed by atoms with van der Waals surface area (Å²) >= 11 is 1.42. The summed E-state index contributed by atoms with van der Waals surface area (Å²) < 4.78 is 17.1. The van der Waals surface area contributed by atoms with Crippen molar-refractivity contribution in [1.29, 1.82) is 0 Å². The van der Waals surface area contributed by atoms with Gasteiger partial charge in [0.25, 0.3) is 5.91 Å². The molecule has 0 unspecified atom stereocenters. The van der Waals surface area contributed by atoms with Gasteiger partial charge in [-0.25, -0.2) is 0 Å². The summed E-state index contributed by atoms with van der Waals surface area (Å²) in [7, 11) is 3.17. The van der Waals surface area contributed by atoms with E-state index >= 15 is 0 Å². The molecule has 204 valence electrons. The Balaban J connectivity index is 1.46. The van der Waals surface area contributed by atoms with Gasteiger partial charge in [0.2, 0.25) is 0 Å². The van der Waals surface area contributed by atoms with Crippen LogP contribution in [0, 0.1) is 0 Å². The molecule has 0 fully saturated rings. The predicted octanol–water partition coefficient (Wildman–Crippen LogP) is 8.01. The fourth-order valence-corrected chi connectivity index (χ4v) is 5.56. The van der Waals surface area contributed by atoms with Crippen LogP contribution in [0.4, 0.5) is 5.69 Å². The number of fused-ring (bicyclic) bond motifs is 2. The second-order valence-corrected chi connectivity index (χ2v) is 11.5. The number of ether oxygens (including phenoxy) is 3. The zero-order valence-corrected chi connectivity index (χ0v) is 24.1. The van der Waals surface area contributed by atoms with Crippen LogP contribution in [0.3, 0.4) is 0 Å². The zero-order valence-electron chi connectivity index (χ0n) is 23.2. The highest BCUT2D eigenvalue weighted by molar-refractivity contribution is 7.14. The highest BCUT2D eigenvalue weighted by atomic mass is 32.1. The van der Waals surface area contributed by atoms with Crippen molar-refractivity contribution in [3.05, 3.63) is 82.2 Å². The van der Waals surface area contributed by atoms with Crippen molar-refractivity contribution in [3.63, 3.8) is 0 Å². The fraction of sp³-hybridized carbons (Fsp3) is 0.219. The van der Waals surface area contributed by atoms with Gasteiger partial charge in [0.05, 0.1) is 30.3 Å². The Labute approximate surface area is 236 Å². The van der Waals surface area contributed by atoms with Crippen LogP contribution < -0.4 is 19.5 Å². The molecule has 8 heteroatoms. The summed E-state index contributed by atoms with van der Waals surface area (Å²) in [5.41, 5.74) is 1.63. The molecule has 0 saturated carbocycles. The number of carbonyl (C=O) groups excluding carboxylic acids is 2. The molecular weight excluding hydrogens is 524 g/mol.